The van der Waals surface area contributed by atoms with Gasteiger partial charge in [-0.2, -0.15) is 0 Å². The van der Waals surface area contributed by atoms with E-state index < -0.39 is 0 Å². The topological polar surface area (TPSA) is 93.4 Å². The van der Waals surface area contributed by atoms with Crippen molar-refractivity contribution >= 4 is 5.91 Å². The lowest BCUT2D eigenvalue weighted by Crippen LogP contribution is -2.42. The summed E-state index contributed by atoms with van der Waals surface area (Å²) in [5.74, 6) is 0.505. The highest BCUT2D eigenvalue weighted by Crippen LogP contribution is 2.36. The Balaban J connectivity index is 2.34. The maximum Gasteiger partial charge on any atom is 0.249 e. The maximum atomic E-state index is 12.3. The summed E-state index contributed by atoms with van der Waals surface area (Å²) < 4.78 is 6.68. The number of carbonyl (C=O) groups excluding carboxylic acids is 1. The number of aliphatic hydroxyl groups excluding tert-OH is 1. The molecule has 1 saturated heterocycles. The zero-order valence-electron chi connectivity index (χ0n) is 13.0. The second kappa shape index (κ2) is 6.07. The normalized spacial score (nSPS) is 22.8. The van der Waals surface area contributed by atoms with Crippen LogP contribution in [0.3, 0.4) is 0 Å². The molecule has 1 amide bonds. The number of nitrogens with zero attached hydrogens (tertiary/aromatic N) is 5. The summed E-state index contributed by atoms with van der Waals surface area (Å²) in [6.45, 7) is 5.94. The molecule has 8 nitrogen and oxygen atoms in total. The lowest BCUT2D eigenvalue weighted by molar-refractivity contribution is -0.139. The summed E-state index contributed by atoms with van der Waals surface area (Å²) in [6, 6.07) is -0.429. The molecule has 1 fully saturated rings. The molecule has 1 aliphatic rings. The van der Waals surface area contributed by atoms with Gasteiger partial charge in [-0.25, -0.2) is 4.68 Å². The van der Waals surface area contributed by atoms with Gasteiger partial charge in [-0.1, -0.05) is 0 Å². The van der Waals surface area contributed by atoms with Crippen LogP contribution in [0.15, 0.2) is 0 Å². The number of hydrogen-bond donors (Lipinski definition) is 1. The molecule has 0 bridgehead atoms. The lowest BCUT2D eigenvalue weighted by Gasteiger charge is -2.30. The first-order valence-corrected chi connectivity index (χ1v) is 7.10. The summed E-state index contributed by atoms with van der Waals surface area (Å²) in [6.07, 6.45) is 1.46. The Bertz CT molecular complexity index is 496. The average Bonchev–Trinajstić information content (AvgIpc) is 3.04. The molecule has 0 aromatic carbocycles. The van der Waals surface area contributed by atoms with Crippen LogP contribution >= 0.6 is 0 Å². The molecule has 2 atom stereocenters. The first-order chi connectivity index (χ1) is 9.90. The van der Waals surface area contributed by atoms with Crippen molar-refractivity contribution < 1.29 is 14.6 Å². The van der Waals surface area contributed by atoms with E-state index in [1.807, 2.05) is 20.8 Å². The number of tetrazole rings is 1. The van der Waals surface area contributed by atoms with Crippen molar-refractivity contribution in [3.63, 3.8) is 0 Å². The smallest absolute Gasteiger partial charge is 0.249 e. The van der Waals surface area contributed by atoms with Gasteiger partial charge in [0.1, 0.15) is 6.61 Å². The number of carbonyl (C=O) groups is 1. The molecule has 0 unspecified atom stereocenters. The van der Waals surface area contributed by atoms with Gasteiger partial charge in [-0.15, -0.1) is 5.10 Å². The van der Waals surface area contributed by atoms with Gasteiger partial charge < -0.3 is 14.7 Å². The van der Waals surface area contributed by atoms with Gasteiger partial charge in [0, 0.05) is 7.11 Å². The van der Waals surface area contributed by atoms with Crippen LogP contribution < -0.4 is 0 Å². The molecule has 2 rings (SSSR count). The molecule has 1 aliphatic heterocycles. The molecule has 21 heavy (non-hydrogen) atoms. The van der Waals surface area contributed by atoms with Crippen molar-refractivity contribution in [1.82, 2.24) is 25.1 Å². The van der Waals surface area contributed by atoms with Gasteiger partial charge in [0.15, 0.2) is 5.82 Å². The number of aromatic nitrogens is 4. The zero-order chi connectivity index (χ0) is 15.6. The highest BCUT2D eigenvalue weighted by atomic mass is 16.5. The Kier molecular flexibility index (Phi) is 4.58. The summed E-state index contributed by atoms with van der Waals surface area (Å²) in [5, 5.41) is 21.4. The fraction of sp³-hybridized carbons (Fsp3) is 0.846. The van der Waals surface area contributed by atoms with Crippen LogP contribution in [-0.4, -0.2) is 62.5 Å². The molecule has 0 radical (unpaired) electrons. The molecule has 1 aromatic heterocycles. The predicted octanol–water partition coefficient (Wildman–Crippen LogP) is 0.0989. The van der Waals surface area contributed by atoms with Crippen LogP contribution in [0.4, 0.5) is 0 Å². The van der Waals surface area contributed by atoms with Crippen LogP contribution in [0.5, 0.6) is 0 Å². The van der Waals surface area contributed by atoms with Crippen molar-refractivity contribution in [1.29, 1.82) is 0 Å². The number of hydrogen-bond acceptors (Lipinski definition) is 6. The van der Waals surface area contributed by atoms with E-state index in [2.05, 4.69) is 15.5 Å². The molecule has 118 valence electrons. The first-order valence-electron chi connectivity index (χ1n) is 7.10. The number of methoxy groups -OCH3 is 1. The van der Waals surface area contributed by atoms with Crippen molar-refractivity contribution in [2.24, 2.45) is 0 Å². The Morgan fingerprint density at radius 1 is 1.43 bits per heavy atom. The molecule has 2 heterocycles. The Hall–Kier alpha value is -1.54. The third kappa shape index (κ3) is 3.06. The number of aliphatic hydroxyl groups is 1. The van der Waals surface area contributed by atoms with Crippen LogP contribution in [0.2, 0.25) is 0 Å². The number of likely N-dealkylation sites (tertiary alicyclic amines) is 1. The van der Waals surface area contributed by atoms with E-state index in [-0.39, 0.29) is 36.7 Å². The zero-order valence-corrected chi connectivity index (χ0v) is 13.0. The second-order valence-corrected chi connectivity index (χ2v) is 6.28. The van der Waals surface area contributed by atoms with Crippen molar-refractivity contribution in [2.45, 2.75) is 51.2 Å². The van der Waals surface area contributed by atoms with E-state index in [4.69, 9.17) is 4.74 Å². The number of rotatable bonds is 4. The quantitative estimate of drug-likeness (QED) is 0.847. The van der Waals surface area contributed by atoms with Crippen LogP contribution in [-0.2, 0) is 15.1 Å². The third-order valence-electron chi connectivity index (χ3n) is 3.70. The summed E-state index contributed by atoms with van der Waals surface area (Å²) in [7, 11) is 1.48. The van der Waals surface area contributed by atoms with Crippen molar-refractivity contribution in [2.75, 3.05) is 20.3 Å². The van der Waals surface area contributed by atoms with Gasteiger partial charge in [-0.3, -0.25) is 4.79 Å². The molecule has 1 N–H and O–H groups in total. The van der Waals surface area contributed by atoms with Gasteiger partial charge >= 0.3 is 0 Å². The third-order valence-corrected chi connectivity index (χ3v) is 3.70. The van der Waals surface area contributed by atoms with E-state index >= 15 is 0 Å². The fourth-order valence-corrected chi connectivity index (χ4v) is 2.77. The largest absolute Gasteiger partial charge is 0.394 e. The standard InChI is InChI=1S/C13H23N5O3/c1-13(2,3)18-12(14-15-16-18)10-6-5-9(7-19)17(10)11(20)8-21-4/h9-10,19H,5-8H2,1-4H3/t9-,10+/m0/s1. The number of ether oxygens (including phenoxy) is 1. The highest BCUT2D eigenvalue weighted by molar-refractivity contribution is 5.78. The summed E-state index contributed by atoms with van der Waals surface area (Å²) in [5.41, 5.74) is -0.272. The van der Waals surface area contributed by atoms with Crippen LogP contribution in [0, 0.1) is 0 Å². The van der Waals surface area contributed by atoms with Gasteiger partial charge in [0.05, 0.1) is 24.2 Å². The molecular weight excluding hydrogens is 274 g/mol. The van der Waals surface area contributed by atoms with Gasteiger partial charge in [0.25, 0.3) is 0 Å². The molecule has 0 spiro atoms. The molecule has 1 aromatic rings. The maximum absolute atomic E-state index is 12.3. The predicted molar refractivity (Wildman–Crippen MR) is 74.4 cm³/mol. The Morgan fingerprint density at radius 2 is 2.14 bits per heavy atom. The Morgan fingerprint density at radius 3 is 2.71 bits per heavy atom. The number of amides is 1. The minimum absolute atomic E-state index is 0.00984. The molecule has 0 aliphatic carbocycles. The van der Waals surface area contributed by atoms with E-state index in [1.54, 1.807) is 9.58 Å². The van der Waals surface area contributed by atoms with Gasteiger partial charge in [-0.05, 0) is 44.0 Å². The minimum atomic E-state index is -0.272. The van der Waals surface area contributed by atoms with E-state index in [0.717, 1.165) is 12.8 Å². The average molecular weight is 297 g/mol. The van der Waals surface area contributed by atoms with E-state index in [0.29, 0.717) is 5.82 Å². The lowest BCUT2D eigenvalue weighted by atomic mass is 10.1. The van der Waals surface area contributed by atoms with Crippen molar-refractivity contribution in [3.05, 3.63) is 5.82 Å². The minimum Gasteiger partial charge on any atom is -0.394 e. The van der Waals surface area contributed by atoms with Gasteiger partial charge in [0.2, 0.25) is 5.91 Å². The van der Waals surface area contributed by atoms with E-state index in [9.17, 15) is 9.90 Å². The first kappa shape index (κ1) is 15.8. The fourth-order valence-electron chi connectivity index (χ4n) is 2.77. The monoisotopic (exact) mass is 297 g/mol. The SMILES string of the molecule is COCC(=O)N1[C@H](CO)CC[C@@H]1c1nnnn1C(C)(C)C. The van der Waals surface area contributed by atoms with Crippen LogP contribution in [0.25, 0.3) is 0 Å². The molecule has 8 heteroatoms. The highest BCUT2D eigenvalue weighted by Gasteiger charge is 2.41. The van der Waals surface area contributed by atoms with Crippen molar-refractivity contribution in [3.8, 4) is 0 Å². The summed E-state index contributed by atoms with van der Waals surface area (Å²) in [4.78, 5) is 14.0. The van der Waals surface area contributed by atoms with Crippen LogP contribution in [0.1, 0.15) is 45.5 Å². The summed E-state index contributed by atoms with van der Waals surface area (Å²) >= 11 is 0. The molecule has 0 saturated carbocycles. The van der Waals surface area contributed by atoms with E-state index in [1.165, 1.54) is 7.11 Å². The molecular formula is C13H23N5O3. The Labute approximate surface area is 124 Å². The second-order valence-electron chi connectivity index (χ2n) is 6.28.